The highest BCUT2D eigenvalue weighted by atomic mass is 16.3. The number of hydrogen-bond donors (Lipinski definition) is 2. The van der Waals surface area contributed by atoms with Crippen LogP contribution in [0.15, 0.2) is 24.5 Å². The normalized spacial score (nSPS) is 10.4. The predicted octanol–water partition coefficient (Wildman–Crippen LogP) is 1.27. The Balaban J connectivity index is 2.86. The van der Waals surface area contributed by atoms with E-state index < -0.39 is 0 Å². The molecule has 0 saturated heterocycles. The second kappa shape index (κ2) is 1.73. The molecule has 10 heavy (non-hydrogen) atoms. The lowest BCUT2D eigenvalue weighted by Gasteiger charge is -1.88. The van der Waals surface area contributed by atoms with Crippen LogP contribution in [0.3, 0.4) is 0 Å². The SMILES string of the molecule is Oc1ccc2nc[nH]c2c1. The lowest BCUT2D eigenvalue weighted by Crippen LogP contribution is -1.67. The smallest absolute Gasteiger partial charge is 0.117 e. The molecule has 2 N–H and O–H groups in total. The lowest BCUT2D eigenvalue weighted by molar-refractivity contribution is 0.476. The second-order valence-electron chi connectivity index (χ2n) is 2.10. The average molecular weight is 134 g/mol. The summed E-state index contributed by atoms with van der Waals surface area (Å²) in [7, 11) is 0. The Bertz CT molecular complexity index is 353. The lowest BCUT2D eigenvalue weighted by atomic mass is 10.3. The zero-order valence-corrected chi connectivity index (χ0v) is 5.20. The van der Waals surface area contributed by atoms with Gasteiger partial charge >= 0.3 is 0 Å². The highest BCUT2D eigenvalue weighted by Gasteiger charge is 1.94. The number of aromatic nitrogens is 2. The van der Waals surface area contributed by atoms with Crippen molar-refractivity contribution in [3.8, 4) is 5.75 Å². The Morgan fingerprint density at radius 2 is 2.30 bits per heavy atom. The van der Waals surface area contributed by atoms with E-state index in [9.17, 15) is 0 Å². The van der Waals surface area contributed by atoms with Crippen molar-refractivity contribution in [2.24, 2.45) is 0 Å². The fraction of sp³-hybridized carbons (Fsp3) is 0. The van der Waals surface area contributed by atoms with Crippen molar-refractivity contribution in [3.05, 3.63) is 24.5 Å². The Morgan fingerprint density at radius 1 is 1.40 bits per heavy atom. The van der Waals surface area contributed by atoms with E-state index >= 15 is 0 Å². The van der Waals surface area contributed by atoms with Crippen molar-refractivity contribution < 1.29 is 5.11 Å². The molecule has 0 spiro atoms. The summed E-state index contributed by atoms with van der Waals surface area (Å²) in [6, 6.07) is 5.02. The first kappa shape index (κ1) is 5.29. The number of nitrogens with one attached hydrogen (secondary N) is 1. The van der Waals surface area contributed by atoms with E-state index in [1.54, 1.807) is 24.5 Å². The van der Waals surface area contributed by atoms with Crippen molar-refractivity contribution in [1.82, 2.24) is 9.97 Å². The predicted molar refractivity (Wildman–Crippen MR) is 37.8 cm³/mol. The Kier molecular flexibility index (Phi) is 0.917. The fourth-order valence-electron chi connectivity index (χ4n) is 0.924. The van der Waals surface area contributed by atoms with Gasteiger partial charge in [0.2, 0.25) is 0 Å². The van der Waals surface area contributed by atoms with Gasteiger partial charge in [0.1, 0.15) is 5.75 Å². The molecular formula is C7H6N2O. The molecule has 0 bridgehead atoms. The largest absolute Gasteiger partial charge is 0.508 e. The number of nitrogens with zero attached hydrogens (tertiary/aromatic N) is 1. The molecule has 2 aromatic rings. The Hall–Kier alpha value is -1.51. The summed E-state index contributed by atoms with van der Waals surface area (Å²) in [5.41, 5.74) is 1.73. The van der Waals surface area contributed by atoms with Gasteiger partial charge in [-0.25, -0.2) is 4.98 Å². The number of fused-ring (bicyclic) bond motifs is 1. The zero-order valence-electron chi connectivity index (χ0n) is 5.20. The number of hydrogen-bond acceptors (Lipinski definition) is 2. The van der Waals surface area contributed by atoms with Gasteiger partial charge in [-0.1, -0.05) is 0 Å². The summed E-state index contributed by atoms with van der Waals surface area (Å²) in [6.07, 6.45) is 1.60. The number of phenolic OH excluding ortho intramolecular Hbond substituents is 1. The molecule has 2 rings (SSSR count). The summed E-state index contributed by atoms with van der Waals surface area (Å²) in [5, 5.41) is 9.00. The van der Waals surface area contributed by atoms with Crippen molar-refractivity contribution in [2.45, 2.75) is 0 Å². The topological polar surface area (TPSA) is 48.9 Å². The molecule has 3 nitrogen and oxygen atoms in total. The minimum Gasteiger partial charge on any atom is -0.508 e. The number of aromatic amines is 1. The highest BCUT2D eigenvalue weighted by Crippen LogP contribution is 2.15. The van der Waals surface area contributed by atoms with Gasteiger partial charge in [-0.3, -0.25) is 0 Å². The standard InChI is InChI=1S/C7H6N2O/c10-5-1-2-6-7(3-5)9-4-8-6/h1-4,10H,(H,8,9). The summed E-state index contributed by atoms with van der Waals surface area (Å²) < 4.78 is 0. The van der Waals surface area contributed by atoms with Gasteiger partial charge in [-0.05, 0) is 12.1 Å². The van der Waals surface area contributed by atoms with Crippen LogP contribution in [0.1, 0.15) is 0 Å². The molecule has 0 amide bonds. The maximum atomic E-state index is 9.00. The minimum atomic E-state index is 0.261. The zero-order chi connectivity index (χ0) is 6.97. The van der Waals surface area contributed by atoms with Crippen LogP contribution in [-0.4, -0.2) is 15.1 Å². The molecule has 50 valence electrons. The first-order valence-electron chi connectivity index (χ1n) is 2.98. The molecule has 3 heteroatoms. The van der Waals surface area contributed by atoms with Gasteiger partial charge in [-0.2, -0.15) is 0 Å². The van der Waals surface area contributed by atoms with Crippen molar-refractivity contribution in [3.63, 3.8) is 0 Å². The molecule has 0 radical (unpaired) electrons. The van der Waals surface area contributed by atoms with Crippen LogP contribution in [0.5, 0.6) is 5.75 Å². The Labute approximate surface area is 57.3 Å². The molecule has 0 aliphatic carbocycles. The quantitative estimate of drug-likeness (QED) is 0.570. The maximum absolute atomic E-state index is 9.00. The van der Waals surface area contributed by atoms with Gasteiger partial charge in [0.25, 0.3) is 0 Å². The molecule has 0 fully saturated rings. The molecular weight excluding hydrogens is 128 g/mol. The van der Waals surface area contributed by atoms with Gasteiger partial charge in [0, 0.05) is 6.07 Å². The molecule has 0 aliphatic rings. The highest BCUT2D eigenvalue weighted by molar-refractivity contribution is 5.75. The third-order valence-electron chi connectivity index (χ3n) is 1.40. The van der Waals surface area contributed by atoms with Crippen LogP contribution >= 0.6 is 0 Å². The molecule has 0 unspecified atom stereocenters. The molecule has 0 saturated carbocycles. The number of rotatable bonds is 0. The van der Waals surface area contributed by atoms with E-state index in [0.717, 1.165) is 11.0 Å². The van der Waals surface area contributed by atoms with Gasteiger partial charge in [0.15, 0.2) is 0 Å². The monoisotopic (exact) mass is 134 g/mol. The van der Waals surface area contributed by atoms with Crippen LogP contribution in [0, 0.1) is 0 Å². The van der Waals surface area contributed by atoms with E-state index in [-0.39, 0.29) is 5.75 Å². The van der Waals surface area contributed by atoms with Crippen LogP contribution in [-0.2, 0) is 0 Å². The van der Waals surface area contributed by atoms with E-state index in [4.69, 9.17) is 5.11 Å². The van der Waals surface area contributed by atoms with Crippen LogP contribution in [0.2, 0.25) is 0 Å². The van der Waals surface area contributed by atoms with E-state index in [0.29, 0.717) is 0 Å². The molecule has 0 aliphatic heterocycles. The third-order valence-corrected chi connectivity index (χ3v) is 1.40. The number of benzene rings is 1. The summed E-state index contributed by atoms with van der Waals surface area (Å²) in [6.45, 7) is 0. The summed E-state index contributed by atoms with van der Waals surface area (Å²) >= 11 is 0. The van der Waals surface area contributed by atoms with Gasteiger partial charge in [-0.15, -0.1) is 0 Å². The van der Waals surface area contributed by atoms with E-state index in [1.165, 1.54) is 0 Å². The van der Waals surface area contributed by atoms with Crippen LogP contribution in [0.4, 0.5) is 0 Å². The van der Waals surface area contributed by atoms with Crippen LogP contribution in [0.25, 0.3) is 11.0 Å². The maximum Gasteiger partial charge on any atom is 0.117 e. The fourth-order valence-corrected chi connectivity index (χ4v) is 0.924. The Morgan fingerprint density at radius 3 is 3.20 bits per heavy atom. The number of aromatic hydroxyl groups is 1. The first-order chi connectivity index (χ1) is 4.86. The second-order valence-corrected chi connectivity index (χ2v) is 2.10. The number of imidazole rings is 1. The van der Waals surface area contributed by atoms with E-state index in [1.807, 2.05) is 0 Å². The molecule has 1 aromatic heterocycles. The summed E-state index contributed by atoms with van der Waals surface area (Å²) in [4.78, 5) is 6.88. The molecule has 0 atom stereocenters. The van der Waals surface area contributed by atoms with Crippen LogP contribution < -0.4 is 0 Å². The van der Waals surface area contributed by atoms with Gasteiger partial charge in [0.05, 0.1) is 17.4 Å². The number of H-pyrrole nitrogens is 1. The minimum absolute atomic E-state index is 0.261. The first-order valence-corrected chi connectivity index (χ1v) is 2.98. The third kappa shape index (κ3) is 0.639. The summed E-state index contributed by atoms with van der Waals surface area (Å²) in [5.74, 6) is 0.261. The van der Waals surface area contributed by atoms with Gasteiger partial charge < -0.3 is 10.1 Å². The van der Waals surface area contributed by atoms with Crippen molar-refractivity contribution >= 4 is 11.0 Å². The molecule has 1 heterocycles. The van der Waals surface area contributed by atoms with Crippen molar-refractivity contribution in [1.29, 1.82) is 0 Å². The van der Waals surface area contributed by atoms with Crippen molar-refractivity contribution in [2.75, 3.05) is 0 Å². The average Bonchev–Trinajstić information content (AvgIpc) is 2.33. The van der Waals surface area contributed by atoms with E-state index in [2.05, 4.69) is 9.97 Å². The number of phenols is 1. The molecule has 1 aromatic carbocycles.